The Morgan fingerprint density at radius 2 is 2.04 bits per heavy atom. The standard InChI is InChI=1S/C21H22N2O2S/c1-4-26-19-8-6-5-7-16(19)21(25)22-14-9-10-15-17(13(2)3)12-20(24)23-18(15)11-14/h5-13,15H,4H2,1-3H3,(H,23,24). The topological polar surface area (TPSA) is 58.5 Å². The molecule has 1 aliphatic heterocycles. The molecule has 1 aliphatic carbocycles. The Hall–Kier alpha value is -2.40. The lowest BCUT2D eigenvalue weighted by Crippen LogP contribution is -2.34. The van der Waals surface area contributed by atoms with Crippen molar-refractivity contribution in [3.63, 3.8) is 0 Å². The summed E-state index contributed by atoms with van der Waals surface area (Å²) in [4.78, 5) is 29.8. The maximum atomic E-state index is 12.6. The van der Waals surface area contributed by atoms with Crippen LogP contribution < -0.4 is 5.32 Å². The predicted octanol–water partition coefficient (Wildman–Crippen LogP) is 4.16. The van der Waals surface area contributed by atoms with Gasteiger partial charge >= 0.3 is 0 Å². The van der Waals surface area contributed by atoms with Crippen molar-refractivity contribution in [3.8, 4) is 0 Å². The number of carbonyl (C=O) groups is 2. The molecular formula is C21H22N2O2S. The number of carbonyl (C=O) groups excluding carboxylic acids is 2. The fourth-order valence-corrected chi connectivity index (χ4v) is 3.91. The normalized spacial score (nSPS) is 20.5. The van der Waals surface area contributed by atoms with E-state index in [-0.39, 0.29) is 23.7 Å². The van der Waals surface area contributed by atoms with Gasteiger partial charge in [-0.3, -0.25) is 9.59 Å². The van der Waals surface area contributed by atoms with Crippen molar-refractivity contribution < 1.29 is 9.59 Å². The zero-order valence-electron chi connectivity index (χ0n) is 15.2. The lowest BCUT2D eigenvalue weighted by atomic mass is 9.82. The molecule has 1 atom stereocenters. The highest BCUT2D eigenvalue weighted by Gasteiger charge is 2.28. The molecule has 134 valence electrons. The summed E-state index contributed by atoms with van der Waals surface area (Å²) in [6, 6.07) is 7.51. The van der Waals surface area contributed by atoms with Gasteiger partial charge in [0, 0.05) is 22.6 Å². The molecule has 1 unspecified atom stereocenters. The molecule has 3 rings (SSSR count). The lowest BCUT2D eigenvalue weighted by Gasteiger charge is -2.29. The van der Waals surface area contributed by atoms with Crippen molar-refractivity contribution in [3.05, 3.63) is 65.4 Å². The van der Waals surface area contributed by atoms with E-state index in [0.717, 1.165) is 21.9 Å². The van der Waals surface area contributed by atoms with Crippen LogP contribution in [0.25, 0.3) is 0 Å². The summed E-state index contributed by atoms with van der Waals surface area (Å²) in [7, 11) is 0. The molecule has 4 nitrogen and oxygen atoms in total. The van der Waals surface area contributed by atoms with Crippen LogP contribution in [0.15, 0.2) is 69.7 Å². The van der Waals surface area contributed by atoms with Gasteiger partial charge in [-0.05, 0) is 41.5 Å². The first-order valence-electron chi connectivity index (χ1n) is 8.76. The molecule has 2 amide bonds. The SMILES string of the molecule is CCSc1ccccc1C(=O)N=C1C=CC2C(=C1)NC(=O)C=C2C(C)C. The van der Waals surface area contributed by atoms with Gasteiger partial charge in [0.05, 0.1) is 11.3 Å². The Bertz CT molecular complexity index is 863. The summed E-state index contributed by atoms with van der Waals surface area (Å²) >= 11 is 1.63. The Labute approximate surface area is 158 Å². The Kier molecular flexibility index (Phi) is 5.57. The largest absolute Gasteiger partial charge is 0.325 e. The van der Waals surface area contributed by atoms with Crippen molar-refractivity contribution in [2.24, 2.45) is 16.8 Å². The maximum absolute atomic E-state index is 12.6. The number of hydrogen-bond acceptors (Lipinski definition) is 3. The Morgan fingerprint density at radius 3 is 2.77 bits per heavy atom. The van der Waals surface area contributed by atoms with Crippen LogP contribution in [0.1, 0.15) is 31.1 Å². The number of aliphatic imine (C=N–C) groups is 1. The smallest absolute Gasteiger partial charge is 0.278 e. The minimum absolute atomic E-state index is 0.0460. The van der Waals surface area contributed by atoms with Crippen LogP contribution in [0.5, 0.6) is 0 Å². The second kappa shape index (κ2) is 7.87. The molecule has 1 aromatic carbocycles. The number of nitrogens with one attached hydrogen (secondary N) is 1. The minimum atomic E-state index is -0.265. The van der Waals surface area contributed by atoms with Crippen LogP contribution in [0.4, 0.5) is 0 Å². The quantitative estimate of drug-likeness (QED) is 0.814. The van der Waals surface area contributed by atoms with E-state index in [2.05, 4.69) is 31.1 Å². The van der Waals surface area contributed by atoms with Gasteiger partial charge in [0.1, 0.15) is 0 Å². The number of nitrogens with zero attached hydrogens (tertiary/aromatic N) is 1. The van der Waals surface area contributed by atoms with Gasteiger partial charge in [0.2, 0.25) is 5.91 Å². The molecule has 0 aromatic heterocycles. The number of hydrogen-bond donors (Lipinski definition) is 1. The van der Waals surface area contributed by atoms with E-state index in [1.165, 1.54) is 0 Å². The van der Waals surface area contributed by atoms with E-state index in [1.54, 1.807) is 30.0 Å². The zero-order chi connectivity index (χ0) is 18.7. The van der Waals surface area contributed by atoms with Crippen LogP contribution in [-0.2, 0) is 4.79 Å². The predicted molar refractivity (Wildman–Crippen MR) is 106 cm³/mol. The third-order valence-corrected chi connectivity index (χ3v) is 5.29. The molecule has 1 aromatic rings. The number of benzene rings is 1. The molecule has 1 heterocycles. The third kappa shape index (κ3) is 3.88. The first-order valence-corrected chi connectivity index (χ1v) is 9.75. The average molecular weight is 366 g/mol. The summed E-state index contributed by atoms with van der Waals surface area (Å²) in [6.07, 6.45) is 7.32. The van der Waals surface area contributed by atoms with Gasteiger partial charge in [-0.15, -0.1) is 11.8 Å². The highest BCUT2D eigenvalue weighted by atomic mass is 32.2. The summed E-state index contributed by atoms with van der Waals surface area (Å²) in [5.74, 6) is 0.824. The van der Waals surface area contributed by atoms with Gasteiger partial charge in [0.15, 0.2) is 0 Å². The van der Waals surface area contributed by atoms with Crippen molar-refractivity contribution in [2.45, 2.75) is 25.7 Å². The van der Waals surface area contributed by atoms with Crippen LogP contribution in [0.3, 0.4) is 0 Å². The summed E-state index contributed by atoms with van der Waals surface area (Å²) in [6.45, 7) is 6.20. The Morgan fingerprint density at radius 1 is 1.27 bits per heavy atom. The number of thioether (sulfide) groups is 1. The van der Waals surface area contributed by atoms with Crippen LogP contribution in [0, 0.1) is 11.8 Å². The van der Waals surface area contributed by atoms with Crippen molar-refractivity contribution in [2.75, 3.05) is 5.75 Å². The molecule has 0 saturated heterocycles. The second-order valence-corrected chi connectivity index (χ2v) is 7.80. The molecule has 5 heteroatoms. The monoisotopic (exact) mass is 366 g/mol. The zero-order valence-corrected chi connectivity index (χ0v) is 16.0. The van der Waals surface area contributed by atoms with E-state index in [9.17, 15) is 9.59 Å². The van der Waals surface area contributed by atoms with Crippen LogP contribution >= 0.6 is 11.8 Å². The second-order valence-electron chi connectivity index (χ2n) is 6.50. The first kappa shape index (κ1) is 18.4. The highest BCUT2D eigenvalue weighted by molar-refractivity contribution is 7.99. The van der Waals surface area contributed by atoms with Crippen molar-refractivity contribution in [1.29, 1.82) is 0 Å². The van der Waals surface area contributed by atoms with Gasteiger partial charge in [-0.2, -0.15) is 0 Å². The van der Waals surface area contributed by atoms with Gasteiger partial charge < -0.3 is 5.32 Å². The Balaban J connectivity index is 1.89. The van der Waals surface area contributed by atoms with Crippen LogP contribution in [0.2, 0.25) is 0 Å². The van der Waals surface area contributed by atoms with E-state index in [4.69, 9.17) is 0 Å². The van der Waals surface area contributed by atoms with E-state index in [0.29, 0.717) is 11.3 Å². The summed E-state index contributed by atoms with van der Waals surface area (Å²) in [5.41, 5.74) is 3.02. The maximum Gasteiger partial charge on any atom is 0.278 e. The molecule has 0 bridgehead atoms. The third-order valence-electron chi connectivity index (χ3n) is 4.34. The molecular weight excluding hydrogens is 344 g/mol. The number of allylic oxidation sites excluding steroid dienone is 3. The number of rotatable bonds is 4. The fraction of sp³-hybridized carbons (Fsp3) is 0.286. The van der Waals surface area contributed by atoms with E-state index < -0.39 is 0 Å². The average Bonchev–Trinajstić information content (AvgIpc) is 2.61. The molecule has 2 aliphatic rings. The van der Waals surface area contributed by atoms with Gasteiger partial charge in [-0.1, -0.05) is 39.0 Å². The number of amides is 2. The fourth-order valence-electron chi connectivity index (χ4n) is 3.12. The van der Waals surface area contributed by atoms with Gasteiger partial charge in [0.25, 0.3) is 5.91 Å². The molecule has 1 N–H and O–H groups in total. The molecule has 26 heavy (non-hydrogen) atoms. The van der Waals surface area contributed by atoms with E-state index in [1.807, 2.05) is 30.4 Å². The summed E-state index contributed by atoms with van der Waals surface area (Å²) in [5, 5.41) is 2.88. The highest BCUT2D eigenvalue weighted by Crippen LogP contribution is 2.32. The molecule has 0 fully saturated rings. The molecule has 0 saturated carbocycles. The van der Waals surface area contributed by atoms with Crippen molar-refractivity contribution >= 4 is 29.3 Å². The summed E-state index contributed by atoms with van der Waals surface area (Å²) < 4.78 is 0. The molecule has 0 radical (unpaired) electrons. The number of fused-ring (bicyclic) bond motifs is 1. The van der Waals surface area contributed by atoms with Crippen LogP contribution in [-0.4, -0.2) is 23.3 Å². The van der Waals surface area contributed by atoms with Gasteiger partial charge in [-0.25, -0.2) is 4.99 Å². The van der Waals surface area contributed by atoms with E-state index >= 15 is 0 Å². The van der Waals surface area contributed by atoms with Crippen molar-refractivity contribution in [1.82, 2.24) is 5.32 Å². The first-order chi connectivity index (χ1) is 12.5. The minimum Gasteiger partial charge on any atom is -0.325 e. The molecule has 0 spiro atoms. The lowest BCUT2D eigenvalue weighted by molar-refractivity contribution is -0.116.